The highest BCUT2D eigenvalue weighted by atomic mass is 16.3. The first-order valence-corrected chi connectivity index (χ1v) is 14.3. The zero-order valence-corrected chi connectivity index (χ0v) is 22.7. The van der Waals surface area contributed by atoms with Crippen LogP contribution in [0.4, 0.5) is 0 Å². The summed E-state index contributed by atoms with van der Waals surface area (Å²) in [5.41, 5.74) is 9.73. The molecule has 0 aliphatic carbocycles. The maximum atomic E-state index is 6.42. The van der Waals surface area contributed by atoms with Crippen LogP contribution in [0.3, 0.4) is 0 Å². The first kappa shape index (κ1) is 23.1. The zero-order valence-electron chi connectivity index (χ0n) is 22.7. The average Bonchev–Trinajstić information content (AvgIpc) is 3.67. The maximum absolute atomic E-state index is 6.42. The van der Waals surface area contributed by atoms with Crippen molar-refractivity contribution in [1.29, 1.82) is 0 Å². The molecule has 7 aromatic carbocycles. The Morgan fingerprint density at radius 3 is 1.71 bits per heavy atom. The number of rotatable bonds is 3. The van der Waals surface area contributed by atoms with E-state index in [1.54, 1.807) is 6.26 Å². The van der Waals surface area contributed by atoms with Gasteiger partial charge in [-0.25, -0.2) is 0 Å². The fraction of sp³-hybridized carbons (Fsp3) is 0. The lowest BCUT2D eigenvalue weighted by atomic mass is 9.84. The standard InChI is InChI=1S/C40H24O2/c1-2-11-25(12-3-1)26-13-10-14-27(23-26)36-29-15-4-6-17-31(29)37(32-18-7-5-16-30(32)36)39-38-33-19-8-9-20-34(33)42-35(38)24-28-21-22-41-40(28)39/h1-24H. The summed E-state index contributed by atoms with van der Waals surface area (Å²) in [6.07, 6.45) is 1.78. The zero-order chi connectivity index (χ0) is 27.6. The highest BCUT2D eigenvalue weighted by Crippen LogP contribution is 2.49. The highest BCUT2D eigenvalue weighted by Gasteiger charge is 2.24. The number of fused-ring (bicyclic) bond motifs is 6. The quantitative estimate of drug-likeness (QED) is 0.210. The number of hydrogen-bond donors (Lipinski definition) is 0. The number of hydrogen-bond acceptors (Lipinski definition) is 2. The molecule has 9 rings (SSSR count). The van der Waals surface area contributed by atoms with Crippen molar-refractivity contribution < 1.29 is 8.83 Å². The molecule has 0 spiro atoms. The van der Waals surface area contributed by atoms with Gasteiger partial charge in [0.05, 0.1) is 6.26 Å². The smallest absolute Gasteiger partial charge is 0.142 e. The minimum absolute atomic E-state index is 0.868. The van der Waals surface area contributed by atoms with Gasteiger partial charge in [0.15, 0.2) is 0 Å². The van der Waals surface area contributed by atoms with E-state index < -0.39 is 0 Å². The molecule has 0 amide bonds. The van der Waals surface area contributed by atoms with E-state index in [2.05, 4.69) is 121 Å². The van der Waals surface area contributed by atoms with Crippen molar-refractivity contribution in [1.82, 2.24) is 0 Å². The fourth-order valence-corrected chi connectivity index (χ4v) is 6.75. The van der Waals surface area contributed by atoms with E-state index >= 15 is 0 Å². The molecule has 9 aromatic rings. The van der Waals surface area contributed by atoms with Gasteiger partial charge < -0.3 is 8.83 Å². The maximum Gasteiger partial charge on any atom is 0.142 e. The molecule has 0 aliphatic rings. The summed E-state index contributed by atoms with van der Waals surface area (Å²) in [6.45, 7) is 0. The van der Waals surface area contributed by atoms with Crippen LogP contribution in [-0.2, 0) is 0 Å². The summed E-state index contributed by atoms with van der Waals surface area (Å²) in [6, 6.07) is 49.5. The third-order valence-electron chi connectivity index (χ3n) is 8.52. The summed E-state index contributed by atoms with van der Waals surface area (Å²) < 4.78 is 12.7. The lowest BCUT2D eigenvalue weighted by Gasteiger charge is -2.19. The van der Waals surface area contributed by atoms with Crippen molar-refractivity contribution in [2.24, 2.45) is 0 Å². The molecule has 0 saturated carbocycles. The first-order valence-electron chi connectivity index (χ1n) is 14.3. The Balaban J connectivity index is 1.45. The van der Waals surface area contributed by atoms with Crippen molar-refractivity contribution in [3.63, 3.8) is 0 Å². The largest absolute Gasteiger partial charge is 0.464 e. The van der Waals surface area contributed by atoms with Crippen LogP contribution >= 0.6 is 0 Å². The molecule has 0 bridgehead atoms. The van der Waals surface area contributed by atoms with E-state index in [1.165, 1.54) is 49.4 Å². The van der Waals surface area contributed by atoms with Crippen LogP contribution in [-0.4, -0.2) is 0 Å². The molecule has 0 unspecified atom stereocenters. The molecule has 2 nitrogen and oxygen atoms in total. The Bertz CT molecular complexity index is 2400. The summed E-state index contributed by atoms with van der Waals surface area (Å²) >= 11 is 0. The monoisotopic (exact) mass is 536 g/mol. The third-order valence-corrected chi connectivity index (χ3v) is 8.52. The Kier molecular flexibility index (Phi) is 4.93. The van der Waals surface area contributed by atoms with Crippen LogP contribution in [0.2, 0.25) is 0 Å². The van der Waals surface area contributed by atoms with Gasteiger partial charge in [-0.1, -0.05) is 115 Å². The molecule has 2 aromatic heterocycles. The van der Waals surface area contributed by atoms with Gasteiger partial charge in [0.25, 0.3) is 0 Å². The van der Waals surface area contributed by atoms with Crippen LogP contribution in [0.1, 0.15) is 0 Å². The molecule has 0 atom stereocenters. The van der Waals surface area contributed by atoms with Crippen molar-refractivity contribution in [3.05, 3.63) is 146 Å². The number of furan rings is 2. The van der Waals surface area contributed by atoms with Gasteiger partial charge in [0.2, 0.25) is 0 Å². The van der Waals surface area contributed by atoms with E-state index in [4.69, 9.17) is 8.83 Å². The Hall–Kier alpha value is -5.60. The summed E-state index contributed by atoms with van der Waals surface area (Å²) in [4.78, 5) is 0. The topological polar surface area (TPSA) is 26.3 Å². The lowest BCUT2D eigenvalue weighted by Crippen LogP contribution is -1.92. The summed E-state index contributed by atoms with van der Waals surface area (Å²) in [5, 5.41) is 8.00. The minimum Gasteiger partial charge on any atom is -0.464 e. The van der Waals surface area contributed by atoms with Crippen molar-refractivity contribution in [3.8, 4) is 33.4 Å². The molecule has 0 aliphatic heterocycles. The molecule has 2 heterocycles. The van der Waals surface area contributed by atoms with Crippen LogP contribution in [0.15, 0.2) is 155 Å². The second-order valence-electron chi connectivity index (χ2n) is 10.8. The van der Waals surface area contributed by atoms with Crippen LogP contribution in [0.25, 0.3) is 87.8 Å². The van der Waals surface area contributed by atoms with Crippen molar-refractivity contribution in [2.45, 2.75) is 0 Å². The van der Waals surface area contributed by atoms with E-state index in [9.17, 15) is 0 Å². The fourth-order valence-electron chi connectivity index (χ4n) is 6.75. The predicted octanol–water partition coefficient (Wildman–Crippen LogP) is 11.6. The summed E-state index contributed by atoms with van der Waals surface area (Å²) in [5.74, 6) is 0. The van der Waals surface area contributed by atoms with Crippen molar-refractivity contribution in [2.75, 3.05) is 0 Å². The van der Waals surface area contributed by atoms with Crippen LogP contribution in [0, 0.1) is 0 Å². The molecular formula is C40H24O2. The highest BCUT2D eigenvalue weighted by molar-refractivity contribution is 6.29. The van der Waals surface area contributed by atoms with E-state index in [-0.39, 0.29) is 0 Å². The van der Waals surface area contributed by atoms with Gasteiger partial charge in [-0.15, -0.1) is 0 Å². The van der Waals surface area contributed by atoms with Gasteiger partial charge in [0.1, 0.15) is 16.7 Å². The Labute approximate surface area is 242 Å². The molecule has 0 radical (unpaired) electrons. The minimum atomic E-state index is 0.868. The summed E-state index contributed by atoms with van der Waals surface area (Å²) in [7, 11) is 0. The predicted molar refractivity (Wildman–Crippen MR) is 175 cm³/mol. The SMILES string of the molecule is c1ccc(-c2cccc(-c3c4ccccc4c(-c4c5occc5cc5oc6ccccc6c45)c4ccccc34)c2)cc1. The number of benzene rings is 7. The molecule has 0 fully saturated rings. The molecule has 0 N–H and O–H groups in total. The van der Waals surface area contributed by atoms with E-state index in [1.807, 2.05) is 18.2 Å². The van der Waals surface area contributed by atoms with Gasteiger partial charge in [-0.05, 0) is 68.1 Å². The van der Waals surface area contributed by atoms with E-state index in [0.29, 0.717) is 0 Å². The first-order chi connectivity index (χ1) is 20.8. The Morgan fingerprint density at radius 2 is 0.976 bits per heavy atom. The number of para-hydroxylation sites is 1. The normalized spacial score (nSPS) is 11.8. The molecule has 42 heavy (non-hydrogen) atoms. The Morgan fingerprint density at radius 1 is 0.381 bits per heavy atom. The van der Waals surface area contributed by atoms with Crippen LogP contribution < -0.4 is 0 Å². The molecule has 0 saturated heterocycles. The van der Waals surface area contributed by atoms with Gasteiger partial charge >= 0.3 is 0 Å². The second-order valence-corrected chi connectivity index (χ2v) is 10.8. The van der Waals surface area contributed by atoms with Gasteiger partial charge in [-0.3, -0.25) is 0 Å². The van der Waals surface area contributed by atoms with Gasteiger partial charge in [-0.2, -0.15) is 0 Å². The molecule has 2 heteroatoms. The molecule has 196 valence electrons. The van der Waals surface area contributed by atoms with E-state index in [0.717, 1.165) is 38.5 Å². The average molecular weight is 537 g/mol. The van der Waals surface area contributed by atoms with Crippen molar-refractivity contribution >= 4 is 54.5 Å². The van der Waals surface area contributed by atoms with Gasteiger partial charge in [0, 0.05) is 27.3 Å². The lowest BCUT2D eigenvalue weighted by molar-refractivity contribution is 0.617. The molecular weight excluding hydrogens is 512 g/mol. The second kappa shape index (κ2) is 8.95. The third kappa shape index (κ3) is 3.33. The van der Waals surface area contributed by atoms with Crippen LogP contribution in [0.5, 0.6) is 0 Å².